The first-order valence-electron chi connectivity index (χ1n) is 8.06. The van der Waals surface area contributed by atoms with Gasteiger partial charge in [0, 0.05) is 54.3 Å². The molecule has 0 fully saturated rings. The van der Waals surface area contributed by atoms with Gasteiger partial charge in [-0.05, 0) is 66.3 Å². The number of pyridine rings is 1. The Morgan fingerprint density at radius 2 is 1.88 bits per heavy atom. The van der Waals surface area contributed by atoms with Crippen molar-refractivity contribution in [2.24, 2.45) is 0 Å². The number of aryl methyl sites for hydroxylation is 2. The molecule has 0 aliphatic carbocycles. The lowest BCUT2D eigenvalue weighted by Crippen LogP contribution is -2.00. The van der Waals surface area contributed by atoms with E-state index >= 15 is 0 Å². The maximum atomic E-state index is 5.95. The van der Waals surface area contributed by atoms with E-state index in [2.05, 4.69) is 71.2 Å². The van der Waals surface area contributed by atoms with Crippen molar-refractivity contribution in [1.29, 1.82) is 0 Å². The fraction of sp³-hybridized carbons (Fsp3) is 0.316. The molecule has 2 aromatic heterocycles. The smallest absolute Gasteiger partial charge is 0.0928 e. The second-order valence-electron chi connectivity index (χ2n) is 6.61. The topological polar surface area (TPSA) is 43.8 Å². The van der Waals surface area contributed by atoms with Crippen molar-refractivity contribution in [2.45, 2.75) is 40.0 Å². The van der Waals surface area contributed by atoms with E-state index < -0.39 is 0 Å². The molecule has 0 unspecified atom stereocenters. The van der Waals surface area contributed by atoms with Crippen molar-refractivity contribution in [3.8, 4) is 0 Å². The van der Waals surface area contributed by atoms with E-state index in [1.165, 1.54) is 27.8 Å². The standard InChI is InChI=1S/C19H22IN3S/c1-11(2)17-10-23(24-20)18-6-5-15(22-19(17)18)9-16-12(3)7-14(21)8-13(16)4/h5-8,10-11H,9,21H2,1-4H3. The Kier molecular flexibility index (Phi) is 5.11. The molecule has 0 aliphatic heterocycles. The number of nitrogens with two attached hydrogens (primary N) is 1. The fourth-order valence-electron chi connectivity index (χ4n) is 3.20. The van der Waals surface area contributed by atoms with Gasteiger partial charge < -0.3 is 5.73 Å². The quantitative estimate of drug-likeness (QED) is 0.403. The van der Waals surface area contributed by atoms with Crippen LogP contribution < -0.4 is 5.73 Å². The Morgan fingerprint density at radius 1 is 1.21 bits per heavy atom. The third-order valence-electron chi connectivity index (χ3n) is 4.47. The van der Waals surface area contributed by atoms with E-state index in [1.807, 2.05) is 12.1 Å². The van der Waals surface area contributed by atoms with Crippen molar-refractivity contribution >= 4 is 47.0 Å². The molecule has 3 nitrogen and oxygen atoms in total. The highest BCUT2D eigenvalue weighted by Gasteiger charge is 2.14. The zero-order valence-corrected chi connectivity index (χ0v) is 17.4. The molecule has 2 heterocycles. The van der Waals surface area contributed by atoms with Crippen LogP contribution in [0.15, 0.2) is 30.5 Å². The number of hydrogen-bond donors (Lipinski definition) is 1. The molecule has 24 heavy (non-hydrogen) atoms. The van der Waals surface area contributed by atoms with Gasteiger partial charge in [0.05, 0.1) is 11.0 Å². The van der Waals surface area contributed by atoms with Crippen LogP contribution in [-0.4, -0.2) is 8.96 Å². The highest BCUT2D eigenvalue weighted by Crippen LogP contribution is 2.32. The van der Waals surface area contributed by atoms with Gasteiger partial charge in [0.2, 0.25) is 0 Å². The summed E-state index contributed by atoms with van der Waals surface area (Å²) in [6.07, 6.45) is 3.05. The molecular formula is C19H22IN3S. The first-order valence-corrected chi connectivity index (χ1v) is 11.4. The lowest BCUT2D eigenvalue weighted by Gasteiger charge is -2.11. The van der Waals surface area contributed by atoms with Crippen LogP contribution in [0.4, 0.5) is 5.69 Å². The SMILES string of the molecule is Cc1cc(N)cc(C)c1Cc1ccc2c(n1)c(C(C)C)cn2SI. The lowest BCUT2D eigenvalue weighted by atomic mass is 9.97. The van der Waals surface area contributed by atoms with Gasteiger partial charge in [0.25, 0.3) is 0 Å². The molecule has 0 atom stereocenters. The summed E-state index contributed by atoms with van der Waals surface area (Å²) in [5, 5.41) is 0. The molecule has 3 aromatic rings. The van der Waals surface area contributed by atoms with E-state index in [4.69, 9.17) is 10.7 Å². The fourth-order valence-corrected chi connectivity index (χ4v) is 4.56. The molecule has 2 N–H and O–H groups in total. The number of rotatable bonds is 4. The molecule has 3 rings (SSSR count). The van der Waals surface area contributed by atoms with Crippen LogP contribution >= 0.6 is 30.3 Å². The van der Waals surface area contributed by atoms with Crippen molar-refractivity contribution in [3.63, 3.8) is 0 Å². The second kappa shape index (κ2) is 6.96. The molecule has 126 valence electrons. The normalized spacial score (nSPS) is 11.6. The molecule has 0 spiro atoms. The monoisotopic (exact) mass is 451 g/mol. The van der Waals surface area contributed by atoms with E-state index in [9.17, 15) is 0 Å². The average Bonchev–Trinajstić information content (AvgIpc) is 2.89. The van der Waals surface area contributed by atoms with Crippen molar-refractivity contribution in [3.05, 3.63) is 58.4 Å². The number of hydrogen-bond acceptors (Lipinski definition) is 3. The van der Waals surface area contributed by atoms with Crippen LogP contribution in [0.1, 0.15) is 47.7 Å². The summed E-state index contributed by atoms with van der Waals surface area (Å²) in [7, 11) is 1.69. The molecule has 0 saturated carbocycles. The first kappa shape index (κ1) is 17.6. The van der Waals surface area contributed by atoms with Crippen molar-refractivity contribution in [2.75, 3.05) is 5.73 Å². The van der Waals surface area contributed by atoms with Gasteiger partial charge >= 0.3 is 0 Å². The summed E-state index contributed by atoms with van der Waals surface area (Å²) in [6, 6.07) is 8.43. The molecule has 0 saturated heterocycles. The van der Waals surface area contributed by atoms with E-state index in [-0.39, 0.29) is 0 Å². The van der Waals surface area contributed by atoms with Gasteiger partial charge in [-0.1, -0.05) is 13.8 Å². The molecule has 0 amide bonds. The summed E-state index contributed by atoms with van der Waals surface area (Å²) in [5.41, 5.74) is 15.3. The Hall–Kier alpha value is -1.21. The number of nitrogens with zero attached hydrogens (tertiary/aromatic N) is 2. The van der Waals surface area contributed by atoms with Gasteiger partial charge in [0.1, 0.15) is 0 Å². The van der Waals surface area contributed by atoms with Gasteiger partial charge in [-0.25, -0.2) is 0 Å². The number of nitrogen functional groups attached to an aromatic ring is 1. The highest BCUT2D eigenvalue weighted by atomic mass is 127. The first-order chi connectivity index (χ1) is 11.4. The predicted molar refractivity (Wildman–Crippen MR) is 114 cm³/mol. The molecule has 1 aromatic carbocycles. The third-order valence-corrected chi connectivity index (χ3v) is 6.20. The zero-order chi connectivity index (χ0) is 17.4. The van der Waals surface area contributed by atoms with Crippen LogP contribution in [0.2, 0.25) is 0 Å². The van der Waals surface area contributed by atoms with Gasteiger partial charge in [-0.15, -0.1) is 0 Å². The summed E-state index contributed by atoms with van der Waals surface area (Å²) in [4.78, 5) is 5.00. The second-order valence-corrected chi connectivity index (χ2v) is 8.33. The van der Waals surface area contributed by atoms with Gasteiger partial charge in [-0.2, -0.15) is 0 Å². The summed E-state index contributed by atoms with van der Waals surface area (Å²) >= 11 is 2.32. The maximum Gasteiger partial charge on any atom is 0.0928 e. The van der Waals surface area contributed by atoms with E-state index in [1.54, 1.807) is 9.12 Å². The summed E-state index contributed by atoms with van der Waals surface area (Å²) < 4.78 is 2.20. The van der Waals surface area contributed by atoms with Crippen LogP contribution in [0.25, 0.3) is 11.0 Å². The average molecular weight is 451 g/mol. The number of aromatic nitrogens is 2. The van der Waals surface area contributed by atoms with Gasteiger partial charge in [0.15, 0.2) is 0 Å². The predicted octanol–water partition coefficient (Wildman–Crippen LogP) is 5.80. The lowest BCUT2D eigenvalue weighted by molar-refractivity contribution is 0.870. The molecule has 0 aliphatic rings. The van der Waals surface area contributed by atoms with Crippen molar-refractivity contribution in [1.82, 2.24) is 8.96 Å². The maximum absolute atomic E-state index is 5.95. The largest absolute Gasteiger partial charge is 0.399 e. The van der Waals surface area contributed by atoms with E-state index in [0.29, 0.717) is 5.92 Å². The number of fused-ring (bicyclic) bond motifs is 1. The Bertz CT molecular complexity index is 876. The van der Waals surface area contributed by atoms with Crippen LogP contribution in [0, 0.1) is 13.8 Å². The minimum absolute atomic E-state index is 0.458. The van der Waals surface area contributed by atoms with Crippen molar-refractivity contribution < 1.29 is 0 Å². The summed E-state index contributed by atoms with van der Waals surface area (Å²) in [6.45, 7) is 8.69. The zero-order valence-electron chi connectivity index (χ0n) is 14.4. The number of anilines is 1. The summed E-state index contributed by atoms with van der Waals surface area (Å²) in [5.74, 6) is 0.458. The molecule has 0 radical (unpaired) electrons. The highest BCUT2D eigenvalue weighted by molar-refractivity contribution is 14.2. The Morgan fingerprint density at radius 3 is 2.46 bits per heavy atom. The van der Waals surface area contributed by atoms with Crippen LogP contribution in [0.5, 0.6) is 0 Å². The minimum Gasteiger partial charge on any atom is -0.399 e. The van der Waals surface area contributed by atoms with Crippen LogP contribution in [-0.2, 0) is 6.42 Å². The molecule has 5 heteroatoms. The third kappa shape index (κ3) is 3.28. The van der Waals surface area contributed by atoms with Crippen LogP contribution in [0.3, 0.4) is 0 Å². The molecular weight excluding hydrogens is 429 g/mol. The number of benzene rings is 1. The van der Waals surface area contributed by atoms with E-state index in [0.717, 1.165) is 23.3 Å². The Balaban J connectivity index is 2.07. The minimum atomic E-state index is 0.458. The Labute approximate surface area is 159 Å². The number of halogens is 1. The van der Waals surface area contributed by atoms with Gasteiger partial charge in [-0.3, -0.25) is 8.96 Å². The molecule has 0 bridgehead atoms.